The summed E-state index contributed by atoms with van der Waals surface area (Å²) in [4.78, 5) is 0. The third-order valence-electron chi connectivity index (χ3n) is 9.45. The molecule has 0 saturated carbocycles. The fourth-order valence-corrected chi connectivity index (χ4v) is 6.46. The minimum absolute atomic E-state index is 0.601. The van der Waals surface area contributed by atoms with Crippen molar-refractivity contribution in [1.82, 2.24) is 0 Å². The second kappa shape index (κ2) is 13.2. The summed E-state index contributed by atoms with van der Waals surface area (Å²) in [5, 5.41) is 0. The van der Waals surface area contributed by atoms with Crippen molar-refractivity contribution < 1.29 is 0 Å². The van der Waals surface area contributed by atoms with Crippen LogP contribution in [0.1, 0.15) is 54.0 Å². The lowest BCUT2D eigenvalue weighted by Crippen LogP contribution is -2.34. The number of rotatable bonds is 8. The molecule has 6 aromatic rings. The Morgan fingerprint density at radius 1 is 0.422 bits per heavy atom. The van der Waals surface area contributed by atoms with Gasteiger partial charge in [0.05, 0.1) is 0 Å². The Hall–Kier alpha value is -4.62. The molecule has 0 spiro atoms. The highest BCUT2D eigenvalue weighted by atomic mass is 14.1. The molecule has 0 aliphatic rings. The van der Waals surface area contributed by atoms with Gasteiger partial charge in [-0.2, -0.15) is 0 Å². The summed E-state index contributed by atoms with van der Waals surface area (Å²) >= 11 is 0. The summed E-state index contributed by atoms with van der Waals surface area (Å²) in [5.74, 6) is 0.601. The third-order valence-corrected chi connectivity index (χ3v) is 9.45. The Balaban J connectivity index is 1.20. The number of hydrogen-bond acceptors (Lipinski definition) is 0. The van der Waals surface area contributed by atoms with Gasteiger partial charge in [-0.1, -0.05) is 174 Å². The highest BCUT2D eigenvalue weighted by Crippen LogP contribution is 2.29. The van der Waals surface area contributed by atoms with E-state index in [4.69, 9.17) is 0 Å². The molecule has 0 amide bonds. The van der Waals surface area contributed by atoms with Gasteiger partial charge in [0.15, 0.2) is 7.28 Å². The van der Waals surface area contributed by atoms with Crippen molar-refractivity contribution in [2.45, 2.75) is 53.9 Å². The van der Waals surface area contributed by atoms with Crippen LogP contribution in [0.5, 0.6) is 0 Å². The molecule has 1 unspecified atom stereocenters. The van der Waals surface area contributed by atoms with Gasteiger partial charge in [-0.25, -0.2) is 0 Å². The van der Waals surface area contributed by atoms with E-state index in [0.29, 0.717) is 5.92 Å². The first kappa shape index (κ1) is 30.4. The molecule has 1 radical (unpaired) electrons. The van der Waals surface area contributed by atoms with Crippen LogP contribution in [0.3, 0.4) is 0 Å². The molecular formula is C44H42B. The second-order valence-electron chi connectivity index (χ2n) is 12.6. The maximum absolute atomic E-state index is 2.38. The first-order valence-corrected chi connectivity index (χ1v) is 16.2. The van der Waals surface area contributed by atoms with E-state index in [0.717, 1.165) is 0 Å². The lowest BCUT2D eigenvalue weighted by Gasteiger charge is -2.17. The third kappa shape index (κ3) is 6.59. The van der Waals surface area contributed by atoms with E-state index in [9.17, 15) is 0 Å². The molecule has 221 valence electrons. The van der Waals surface area contributed by atoms with Crippen LogP contribution in [0.4, 0.5) is 0 Å². The van der Waals surface area contributed by atoms with Crippen LogP contribution in [-0.4, -0.2) is 7.28 Å². The maximum Gasteiger partial charge on any atom is 0.192 e. The smallest absolute Gasteiger partial charge is 0.0756 e. The van der Waals surface area contributed by atoms with Gasteiger partial charge < -0.3 is 0 Å². The Morgan fingerprint density at radius 2 is 0.733 bits per heavy atom. The predicted octanol–water partition coefficient (Wildman–Crippen LogP) is 10.8. The standard InChI is InChI=1S/C44H42B/c1-7-29(2)34-13-15-37(16-14-34)38-19-23-40(24-20-38)42-27-32(5)44(33(6)28-42)45-43-30(3)25-41(26-31(43)4)39-21-17-36(18-22-39)35-11-9-8-10-12-35/h8-29H,7H2,1-6H3. The van der Waals surface area contributed by atoms with E-state index in [1.54, 1.807) is 0 Å². The molecule has 1 atom stereocenters. The van der Waals surface area contributed by atoms with Crippen LogP contribution in [0.15, 0.2) is 127 Å². The first-order valence-electron chi connectivity index (χ1n) is 16.2. The van der Waals surface area contributed by atoms with Crippen LogP contribution < -0.4 is 10.9 Å². The molecule has 6 aromatic carbocycles. The Labute approximate surface area is 271 Å². The van der Waals surface area contributed by atoms with Crippen LogP contribution >= 0.6 is 0 Å². The van der Waals surface area contributed by atoms with Gasteiger partial charge in [0, 0.05) is 0 Å². The number of aryl methyl sites for hydroxylation is 4. The van der Waals surface area contributed by atoms with Gasteiger partial charge in [0.25, 0.3) is 0 Å². The first-order chi connectivity index (χ1) is 21.8. The van der Waals surface area contributed by atoms with E-state index < -0.39 is 0 Å². The van der Waals surface area contributed by atoms with Crippen LogP contribution in [0, 0.1) is 27.7 Å². The van der Waals surface area contributed by atoms with Crippen molar-refractivity contribution in [3.63, 3.8) is 0 Å². The number of benzene rings is 6. The maximum atomic E-state index is 2.38. The van der Waals surface area contributed by atoms with Crippen molar-refractivity contribution >= 4 is 18.2 Å². The number of hydrogen-bond donors (Lipinski definition) is 0. The summed E-state index contributed by atoms with van der Waals surface area (Å²) in [6.45, 7) is 13.5. The molecule has 0 heterocycles. The van der Waals surface area contributed by atoms with Crippen molar-refractivity contribution in [2.75, 3.05) is 0 Å². The van der Waals surface area contributed by atoms with Gasteiger partial charge >= 0.3 is 0 Å². The molecule has 0 saturated heterocycles. The summed E-state index contributed by atoms with van der Waals surface area (Å²) in [5.41, 5.74) is 19.3. The highest BCUT2D eigenvalue weighted by molar-refractivity contribution is 6.69. The van der Waals surface area contributed by atoms with Gasteiger partial charge in [-0.15, -0.1) is 0 Å². The average molecular weight is 582 g/mol. The quantitative estimate of drug-likeness (QED) is 0.157. The molecular weight excluding hydrogens is 539 g/mol. The molecule has 0 fully saturated rings. The van der Waals surface area contributed by atoms with Crippen LogP contribution in [-0.2, 0) is 0 Å². The van der Waals surface area contributed by atoms with Crippen molar-refractivity contribution in [2.24, 2.45) is 0 Å². The normalized spacial score (nSPS) is 11.8. The minimum atomic E-state index is 0.601. The predicted molar refractivity (Wildman–Crippen MR) is 197 cm³/mol. The fourth-order valence-electron chi connectivity index (χ4n) is 6.46. The van der Waals surface area contributed by atoms with E-state index in [1.807, 2.05) is 0 Å². The molecule has 0 aromatic heterocycles. The molecule has 0 N–H and O–H groups in total. The topological polar surface area (TPSA) is 0 Å². The van der Waals surface area contributed by atoms with Crippen molar-refractivity contribution in [1.29, 1.82) is 0 Å². The largest absolute Gasteiger partial charge is 0.192 e. The summed E-state index contributed by atoms with van der Waals surface area (Å²) < 4.78 is 0. The molecule has 1 heteroatoms. The Kier molecular flexibility index (Phi) is 8.90. The average Bonchev–Trinajstić information content (AvgIpc) is 3.07. The minimum Gasteiger partial charge on any atom is -0.0756 e. The lowest BCUT2D eigenvalue weighted by molar-refractivity contribution is 0.734. The molecule has 6 rings (SSSR count). The van der Waals surface area contributed by atoms with E-state index in [2.05, 4.69) is 176 Å². The molecule has 0 aliphatic carbocycles. The lowest BCUT2D eigenvalue weighted by atomic mass is 9.58. The van der Waals surface area contributed by atoms with Gasteiger partial charge in [-0.3, -0.25) is 0 Å². The Morgan fingerprint density at radius 3 is 1.09 bits per heavy atom. The van der Waals surface area contributed by atoms with Crippen molar-refractivity contribution in [3.8, 4) is 44.5 Å². The molecule has 0 nitrogen and oxygen atoms in total. The summed E-state index contributed by atoms with van der Waals surface area (Å²) in [7, 11) is 2.38. The summed E-state index contributed by atoms with van der Waals surface area (Å²) in [6.07, 6.45) is 1.17. The summed E-state index contributed by atoms with van der Waals surface area (Å²) in [6, 6.07) is 46.9. The SMILES string of the molecule is CCC(C)c1ccc(-c2ccc(-c3cc(C)c([B]c4c(C)cc(-c5ccc(-c6ccccc6)cc5)cc4C)c(C)c3)cc2)cc1. The Bertz CT molecular complexity index is 1870. The highest BCUT2D eigenvalue weighted by Gasteiger charge is 2.14. The molecule has 45 heavy (non-hydrogen) atoms. The van der Waals surface area contributed by atoms with Crippen LogP contribution in [0.2, 0.25) is 0 Å². The molecule has 0 bridgehead atoms. The van der Waals surface area contributed by atoms with E-state index in [-0.39, 0.29) is 0 Å². The van der Waals surface area contributed by atoms with Crippen molar-refractivity contribution in [3.05, 3.63) is 155 Å². The second-order valence-corrected chi connectivity index (χ2v) is 12.6. The van der Waals surface area contributed by atoms with Crippen LogP contribution in [0.25, 0.3) is 44.5 Å². The van der Waals surface area contributed by atoms with E-state index >= 15 is 0 Å². The molecule has 0 aliphatic heterocycles. The van der Waals surface area contributed by atoms with E-state index in [1.165, 1.54) is 89.7 Å². The zero-order valence-electron chi connectivity index (χ0n) is 27.5. The monoisotopic (exact) mass is 581 g/mol. The van der Waals surface area contributed by atoms with Gasteiger partial charge in [0.2, 0.25) is 0 Å². The zero-order valence-corrected chi connectivity index (χ0v) is 27.5. The zero-order chi connectivity index (χ0) is 31.5. The van der Waals surface area contributed by atoms with Gasteiger partial charge in [-0.05, 0) is 90.1 Å². The fraction of sp³-hybridized carbons (Fsp3) is 0.182. The van der Waals surface area contributed by atoms with Gasteiger partial charge in [0.1, 0.15) is 0 Å².